The fourth-order valence-corrected chi connectivity index (χ4v) is 3.25. The molecule has 2 aromatic rings. The SMILES string of the molecule is CSCC(=O)NCCSc1nonc1C(=Nc1cccc(Br)c1)NO. The molecule has 0 saturated heterocycles. The number of amides is 1. The van der Waals surface area contributed by atoms with Gasteiger partial charge in [-0.15, -0.1) is 0 Å². The number of aliphatic imine (C=N–C) groups is 1. The van der Waals surface area contributed by atoms with Gasteiger partial charge in [0.2, 0.25) is 5.91 Å². The highest BCUT2D eigenvalue weighted by Crippen LogP contribution is 2.22. The minimum Gasteiger partial charge on any atom is -0.355 e. The van der Waals surface area contributed by atoms with Crippen molar-refractivity contribution in [1.29, 1.82) is 0 Å². The lowest BCUT2D eigenvalue weighted by atomic mass is 10.3. The Hall–Kier alpha value is -1.56. The standard InChI is InChI=1S/C14H16BrN5O3S2/c1-24-8-11(21)16-5-6-25-14-12(19-23-20-14)13(18-22)17-10-4-2-3-9(15)7-10/h2-4,7,22H,5-6,8H2,1H3,(H,16,21)(H,17,18). The van der Waals surface area contributed by atoms with Crippen LogP contribution in [0.25, 0.3) is 0 Å². The second-order valence-corrected chi connectivity index (χ2v) is 7.47. The van der Waals surface area contributed by atoms with Gasteiger partial charge in [-0.05, 0) is 34.8 Å². The minimum atomic E-state index is -0.0134. The summed E-state index contributed by atoms with van der Waals surface area (Å²) >= 11 is 6.17. The lowest BCUT2D eigenvalue weighted by Gasteiger charge is -2.04. The molecule has 134 valence electrons. The highest BCUT2D eigenvalue weighted by Gasteiger charge is 2.17. The van der Waals surface area contributed by atoms with Gasteiger partial charge in [-0.1, -0.05) is 33.8 Å². The molecule has 0 aliphatic rings. The monoisotopic (exact) mass is 445 g/mol. The van der Waals surface area contributed by atoms with Crippen molar-refractivity contribution in [2.75, 3.05) is 24.3 Å². The molecular formula is C14H16BrN5O3S2. The molecule has 25 heavy (non-hydrogen) atoms. The third-order valence-electron chi connectivity index (χ3n) is 2.78. The number of nitrogens with zero attached hydrogens (tertiary/aromatic N) is 3. The number of halogens is 1. The average Bonchev–Trinajstić information content (AvgIpc) is 3.05. The van der Waals surface area contributed by atoms with Gasteiger partial charge in [-0.2, -0.15) is 11.8 Å². The lowest BCUT2D eigenvalue weighted by molar-refractivity contribution is -0.118. The van der Waals surface area contributed by atoms with Crippen molar-refractivity contribution in [3.63, 3.8) is 0 Å². The van der Waals surface area contributed by atoms with E-state index in [2.05, 4.69) is 36.6 Å². The van der Waals surface area contributed by atoms with Gasteiger partial charge in [-0.25, -0.2) is 9.62 Å². The number of rotatable bonds is 8. The molecule has 8 nitrogen and oxygen atoms in total. The average molecular weight is 446 g/mol. The van der Waals surface area contributed by atoms with Crippen LogP contribution < -0.4 is 10.8 Å². The Morgan fingerprint density at radius 3 is 3.00 bits per heavy atom. The van der Waals surface area contributed by atoms with Crippen LogP contribution in [0.1, 0.15) is 5.69 Å². The van der Waals surface area contributed by atoms with Crippen molar-refractivity contribution >= 4 is 56.9 Å². The molecule has 2 rings (SSSR count). The smallest absolute Gasteiger partial charge is 0.230 e. The summed E-state index contributed by atoms with van der Waals surface area (Å²) in [4.78, 5) is 15.7. The Morgan fingerprint density at radius 1 is 1.44 bits per heavy atom. The van der Waals surface area contributed by atoms with Crippen LogP contribution in [-0.4, -0.2) is 51.6 Å². The number of amidine groups is 1. The fraction of sp³-hybridized carbons (Fsp3) is 0.286. The Labute approximate surface area is 161 Å². The van der Waals surface area contributed by atoms with Gasteiger partial charge in [0.1, 0.15) is 0 Å². The second kappa shape index (κ2) is 10.4. The summed E-state index contributed by atoms with van der Waals surface area (Å²) in [6.07, 6.45) is 1.87. The largest absolute Gasteiger partial charge is 0.355 e. The van der Waals surface area contributed by atoms with Gasteiger partial charge in [-0.3, -0.25) is 15.5 Å². The lowest BCUT2D eigenvalue weighted by Crippen LogP contribution is -2.27. The van der Waals surface area contributed by atoms with Crippen LogP contribution in [0, 0.1) is 0 Å². The maximum Gasteiger partial charge on any atom is 0.230 e. The van der Waals surface area contributed by atoms with E-state index in [0.717, 1.165) is 4.47 Å². The van der Waals surface area contributed by atoms with E-state index >= 15 is 0 Å². The molecule has 0 radical (unpaired) electrons. The topological polar surface area (TPSA) is 113 Å². The van der Waals surface area contributed by atoms with Gasteiger partial charge >= 0.3 is 0 Å². The van der Waals surface area contributed by atoms with Crippen LogP contribution in [0.3, 0.4) is 0 Å². The molecule has 1 heterocycles. The van der Waals surface area contributed by atoms with Gasteiger partial charge in [0.25, 0.3) is 0 Å². The zero-order valence-corrected chi connectivity index (χ0v) is 16.4. The predicted molar refractivity (Wildman–Crippen MR) is 102 cm³/mol. The molecule has 3 N–H and O–H groups in total. The molecule has 0 aliphatic heterocycles. The molecular weight excluding hydrogens is 430 g/mol. The van der Waals surface area contributed by atoms with E-state index in [1.54, 1.807) is 12.1 Å². The van der Waals surface area contributed by atoms with Crippen LogP contribution in [0.5, 0.6) is 0 Å². The molecule has 1 amide bonds. The third kappa shape index (κ3) is 6.34. The van der Waals surface area contributed by atoms with E-state index in [9.17, 15) is 10.0 Å². The number of carbonyl (C=O) groups excluding carboxylic acids is 1. The quantitative estimate of drug-likeness (QED) is 0.186. The van der Waals surface area contributed by atoms with E-state index in [1.807, 2.05) is 23.9 Å². The molecule has 1 aromatic carbocycles. The third-order valence-corrected chi connectivity index (χ3v) is 4.77. The Balaban J connectivity index is 2.02. The van der Waals surface area contributed by atoms with Crippen molar-refractivity contribution in [1.82, 2.24) is 21.1 Å². The summed E-state index contributed by atoms with van der Waals surface area (Å²) in [6, 6.07) is 7.27. The normalized spacial score (nSPS) is 11.4. The first-order valence-electron chi connectivity index (χ1n) is 7.09. The van der Waals surface area contributed by atoms with Gasteiger partial charge in [0.15, 0.2) is 16.6 Å². The molecule has 0 fully saturated rings. The number of carbonyl (C=O) groups is 1. The maximum atomic E-state index is 11.4. The molecule has 0 atom stereocenters. The first-order valence-corrected chi connectivity index (χ1v) is 10.3. The van der Waals surface area contributed by atoms with E-state index < -0.39 is 0 Å². The van der Waals surface area contributed by atoms with Gasteiger partial charge in [0.05, 0.1) is 11.4 Å². The van der Waals surface area contributed by atoms with Crippen LogP contribution in [0.15, 0.2) is 43.4 Å². The Kier molecular flexibility index (Phi) is 8.25. The van der Waals surface area contributed by atoms with E-state index in [-0.39, 0.29) is 11.7 Å². The summed E-state index contributed by atoms with van der Waals surface area (Å²) in [5.74, 6) is 1.12. The van der Waals surface area contributed by atoms with Gasteiger partial charge < -0.3 is 5.32 Å². The summed E-state index contributed by atoms with van der Waals surface area (Å²) < 4.78 is 5.61. The van der Waals surface area contributed by atoms with E-state index in [1.165, 1.54) is 23.5 Å². The number of hydroxylamine groups is 1. The Bertz CT molecular complexity index is 741. The van der Waals surface area contributed by atoms with Crippen molar-refractivity contribution in [2.24, 2.45) is 4.99 Å². The van der Waals surface area contributed by atoms with Crippen molar-refractivity contribution < 1.29 is 14.6 Å². The molecule has 0 bridgehead atoms. The van der Waals surface area contributed by atoms with E-state index in [4.69, 9.17) is 4.63 Å². The summed E-state index contributed by atoms with van der Waals surface area (Å²) in [5, 5.41) is 20.3. The number of nitrogens with one attached hydrogen (secondary N) is 2. The van der Waals surface area contributed by atoms with Crippen molar-refractivity contribution in [3.05, 3.63) is 34.4 Å². The number of thioether (sulfide) groups is 2. The summed E-state index contributed by atoms with van der Waals surface area (Å²) in [7, 11) is 0. The number of hydrogen-bond acceptors (Lipinski definition) is 8. The highest BCUT2D eigenvalue weighted by molar-refractivity contribution is 9.10. The number of benzene rings is 1. The van der Waals surface area contributed by atoms with E-state index in [0.29, 0.717) is 34.5 Å². The maximum absolute atomic E-state index is 11.4. The minimum absolute atomic E-state index is 0.0134. The molecule has 11 heteroatoms. The Morgan fingerprint density at radius 2 is 2.28 bits per heavy atom. The van der Waals surface area contributed by atoms with Crippen molar-refractivity contribution in [3.8, 4) is 0 Å². The number of aromatic nitrogens is 2. The molecule has 0 aliphatic carbocycles. The summed E-state index contributed by atoms with van der Waals surface area (Å²) in [6.45, 7) is 0.487. The van der Waals surface area contributed by atoms with Crippen LogP contribution >= 0.6 is 39.5 Å². The van der Waals surface area contributed by atoms with Gasteiger partial charge in [0, 0.05) is 16.8 Å². The molecule has 0 spiro atoms. The number of hydrogen-bond donors (Lipinski definition) is 3. The predicted octanol–water partition coefficient (Wildman–Crippen LogP) is 2.46. The second-order valence-electron chi connectivity index (χ2n) is 4.60. The molecule has 1 aromatic heterocycles. The summed E-state index contributed by atoms with van der Waals surface area (Å²) in [5.41, 5.74) is 2.94. The first-order chi connectivity index (χ1) is 12.1. The molecule has 0 unspecified atom stereocenters. The zero-order chi connectivity index (χ0) is 18.1. The highest BCUT2D eigenvalue weighted by atomic mass is 79.9. The molecule has 0 saturated carbocycles. The van der Waals surface area contributed by atoms with Crippen LogP contribution in [0.4, 0.5) is 5.69 Å². The van der Waals surface area contributed by atoms with Crippen molar-refractivity contribution in [2.45, 2.75) is 5.03 Å². The zero-order valence-electron chi connectivity index (χ0n) is 13.2. The van der Waals surface area contributed by atoms with Crippen LogP contribution in [-0.2, 0) is 4.79 Å². The van der Waals surface area contributed by atoms with Crippen LogP contribution in [0.2, 0.25) is 0 Å². The fourth-order valence-electron chi connectivity index (χ4n) is 1.75. The first kappa shape index (κ1) is 19.8.